The van der Waals surface area contributed by atoms with Crippen LogP contribution in [-0.2, 0) is 4.79 Å². The fourth-order valence-corrected chi connectivity index (χ4v) is 0.165. The fraction of sp³-hybridized carbons (Fsp3) is 0.750. The van der Waals surface area contributed by atoms with E-state index in [4.69, 9.17) is 10.6 Å². The first-order valence-corrected chi connectivity index (χ1v) is 1.54. The second kappa shape index (κ2) is 0.965. The van der Waals surface area contributed by atoms with Gasteiger partial charge in [-0.1, -0.05) is 0 Å². The molecule has 0 saturated heterocycles. The SMILES string of the molecule is [2H]C1([2H])C(C(=O)O)C1([2H])[2H]. The quantitative estimate of drug-likeness (QED) is 0.508. The van der Waals surface area contributed by atoms with Crippen LogP contribution in [0.3, 0.4) is 0 Å². The first-order chi connectivity index (χ1) is 4.32. The van der Waals surface area contributed by atoms with E-state index in [0.29, 0.717) is 0 Å². The summed E-state index contributed by atoms with van der Waals surface area (Å²) in [6.45, 7) is 0. The van der Waals surface area contributed by atoms with Crippen LogP contribution in [0.5, 0.6) is 0 Å². The summed E-state index contributed by atoms with van der Waals surface area (Å²) in [5.41, 5.74) is 0. The Morgan fingerprint density at radius 1 is 2.00 bits per heavy atom. The monoisotopic (exact) mass is 90.1 g/mol. The molecule has 1 fully saturated rings. The van der Waals surface area contributed by atoms with Crippen LogP contribution in [0.2, 0.25) is 0 Å². The van der Waals surface area contributed by atoms with E-state index < -0.39 is 24.6 Å². The third-order valence-corrected chi connectivity index (χ3v) is 0.536. The molecule has 0 amide bonds. The Bertz CT molecular complexity index is 174. The van der Waals surface area contributed by atoms with Crippen LogP contribution in [-0.4, -0.2) is 11.1 Å². The summed E-state index contributed by atoms with van der Waals surface area (Å²) in [5, 5.41) is 8.24. The zero-order valence-corrected chi connectivity index (χ0v) is 2.93. The molecule has 1 N–H and O–H groups in total. The number of hydrogen-bond donors (Lipinski definition) is 1. The van der Waals surface area contributed by atoms with Crippen molar-refractivity contribution >= 4 is 5.97 Å². The predicted molar refractivity (Wildman–Crippen MR) is 20.4 cm³/mol. The largest absolute Gasteiger partial charge is 0.481 e. The summed E-state index contributed by atoms with van der Waals surface area (Å²) in [6.07, 6.45) is -4.36. The van der Waals surface area contributed by atoms with Gasteiger partial charge in [0, 0.05) is 5.48 Å². The van der Waals surface area contributed by atoms with Gasteiger partial charge >= 0.3 is 5.97 Å². The summed E-state index contributed by atoms with van der Waals surface area (Å²) in [4.78, 5) is 10.1. The molecule has 0 unspecified atom stereocenters. The second-order valence-corrected chi connectivity index (χ2v) is 1.06. The van der Waals surface area contributed by atoms with Crippen molar-refractivity contribution in [2.24, 2.45) is 5.92 Å². The van der Waals surface area contributed by atoms with Crippen molar-refractivity contribution in [1.82, 2.24) is 0 Å². The number of carboxylic acid groups (broad SMARTS) is 1. The predicted octanol–water partition coefficient (Wildman–Crippen LogP) is 0.481. The van der Waals surface area contributed by atoms with Gasteiger partial charge in [-0.15, -0.1) is 0 Å². The third kappa shape index (κ3) is 0.506. The van der Waals surface area contributed by atoms with Crippen molar-refractivity contribution in [1.29, 1.82) is 0 Å². The summed E-state index contributed by atoms with van der Waals surface area (Å²) in [7, 11) is 0. The standard InChI is InChI=1S/C4H6O2/c5-4(6)3-1-2-3/h3H,1-2H2,(H,5,6)/i1D2,2D2. The molecule has 0 aromatic rings. The first-order valence-electron chi connectivity index (χ1n) is 3.54. The van der Waals surface area contributed by atoms with Crippen molar-refractivity contribution in [3.63, 3.8) is 0 Å². The average Bonchev–Trinajstić information content (AvgIpc) is 1.97. The maximum Gasteiger partial charge on any atom is 0.306 e. The highest BCUT2D eigenvalue weighted by atomic mass is 16.4. The topological polar surface area (TPSA) is 37.3 Å². The minimum absolute atomic E-state index is 1.41. The summed E-state index contributed by atoms with van der Waals surface area (Å²) < 4.78 is 27.4. The molecule has 0 atom stereocenters. The Kier molecular flexibility index (Phi) is 0.196. The van der Waals surface area contributed by atoms with Gasteiger partial charge in [0.25, 0.3) is 0 Å². The molecular weight excluding hydrogens is 80.0 g/mol. The van der Waals surface area contributed by atoms with Crippen LogP contribution in [0.25, 0.3) is 0 Å². The second-order valence-electron chi connectivity index (χ2n) is 1.06. The van der Waals surface area contributed by atoms with Crippen LogP contribution in [0.1, 0.15) is 18.2 Å². The van der Waals surface area contributed by atoms with E-state index in [1.54, 1.807) is 0 Å². The highest BCUT2D eigenvalue weighted by Crippen LogP contribution is 2.28. The third-order valence-electron chi connectivity index (χ3n) is 0.536. The highest BCUT2D eigenvalue weighted by molar-refractivity contribution is 5.72. The molecule has 1 saturated carbocycles. The lowest BCUT2D eigenvalue weighted by atomic mass is 10.5. The van der Waals surface area contributed by atoms with Crippen molar-refractivity contribution in [2.75, 3.05) is 0 Å². The average molecular weight is 90.1 g/mol. The molecule has 0 aromatic heterocycles. The summed E-state index contributed by atoms with van der Waals surface area (Å²) in [6, 6.07) is 0. The van der Waals surface area contributed by atoms with E-state index in [1.807, 2.05) is 0 Å². The lowest BCUT2D eigenvalue weighted by Crippen LogP contribution is -1.94. The molecular formula is C4H6O2. The lowest BCUT2D eigenvalue weighted by molar-refractivity contribution is -0.138. The van der Waals surface area contributed by atoms with Gasteiger partial charge in [0.15, 0.2) is 0 Å². The van der Waals surface area contributed by atoms with Crippen LogP contribution in [0.4, 0.5) is 0 Å². The summed E-state index contributed by atoms with van der Waals surface area (Å²) in [5.74, 6) is -2.89. The van der Waals surface area contributed by atoms with E-state index in [-0.39, 0.29) is 0 Å². The minimum Gasteiger partial charge on any atom is -0.481 e. The molecule has 1 rings (SSSR count). The molecule has 1 aliphatic carbocycles. The van der Waals surface area contributed by atoms with E-state index in [2.05, 4.69) is 0 Å². The van der Waals surface area contributed by atoms with Gasteiger partial charge in [-0.25, -0.2) is 0 Å². The van der Waals surface area contributed by atoms with Crippen LogP contribution in [0.15, 0.2) is 0 Å². The zero-order chi connectivity index (χ0) is 8.15. The van der Waals surface area contributed by atoms with Gasteiger partial charge in [-0.3, -0.25) is 4.79 Å². The molecule has 0 radical (unpaired) electrons. The van der Waals surface area contributed by atoms with Gasteiger partial charge < -0.3 is 5.11 Å². The molecule has 2 nitrogen and oxygen atoms in total. The highest BCUT2D eigenvalue weighted by Gasteiger charge is 2.28. The van der Waals surface area contributed by atoms with Crippen molar-refractivity contribution in [3.8, 4) is 0 Å². The molecule has 0 aliphatic heterocycles. The van der Waals surface area contributed by atoms with Crippen LogP contribution >= 0.6 is 0 Å². The molecule has 0 bridgehead atoms. The zero-order valence-electron chi connectivity index (χ0n) is 6.93. The van der Waals surface area contributed by atoms with E-state index >= 15 is 0 Å². The molecule has 0 spiro atoms. The fourth-order valence-electron chi connectivity index (χ4n) is 0.165. The van der Waals surface area contributed by atoms with E-state index in [0.717, 1.165) is 0 Å². The molecule has 1 aliphatic rings. The molecule has 34 valence electrons. The normalized spacial score (nSPS) is 47.3. The Labute approximate surface area is 41.4 Å². The van der Waals surface area contributed by atoms with Crippen molar-refractivity contribution in [2.45, 2.75) is 12.7 Å². The van der Waals surface area contributed by atoms with Crippen molar-refractivity contribution < 1.29 is 15.4 Å². The first kappa shape index (κ1) is 1.22. The number of carbonyl (C=O) groups is 1. The van der Waals surface area contributed by atoms with E-state index in [9.17, 15) is 4.79 Å². The number of hydrogen-bond acceptors (Lipinski definition) is 1. The summed E-state index contributed by atoms with van der Waals surface area (Å²) >= 11 is 0. The Balaban J connectivity index is 2.81. The maximum atomic E-state index is 10.1. The van der Waals surface area contributed by atoms with Gasteiger partial charge in [0.05, 0.1) is 5.92 Å². The molecule has 2 heteroatoms. The Morgan fingerprint density at radius 2 is 2.50 bits per heavy atom. The van der Waals surface area contributed by atoms with Gasteiger partial charge in [0.2, 0.25) is 0 Å². The van der Waals surface area contributed by atoms with Crippen molar-refractivity contribution in [3.05, 3.63) is 0 Å². The van der Waals surface area contributed by atoms with Crippen LogP contribution in [0, 0.1) is 5.92 Å². The Hall–Kier alpha value is -0.530. The van der Waals surface area contributed by atoms with Gasteiger partial charge in [0.1, 0.15) is 0 Å². The minimum atomic E-state index is -2.18. The number of rotatable bonds is 1. The molecule has 0 heterocycles. The number of aliphatic carboxylic acids is 1. The van der Waals surface area contributed by atoms with Crippen LogP contribution < -0.4 is 0 Å². The Morgan fingerprint density at radius 3 is 2.50 bits per heavy atom. The lowest BCUT2D eigenvalue weighted by Gasteiger charge is -1.75. The van der Waals surface area contributed by atoms with E-state index in [1.165, 1.54) is 0 Å². The smallest absolute Gasteiger partial charge is 0.306 e. The number of carboxylic acids is 1. The van der Waals surface area contributed by atoms with Gasteiger partial charge in [-0.05, 0) is 12.7 Å². The molecule has 6 heavy (non-hydrogen) atoms. The molecule has 0 aromatic carbocycles. The van der Waals surface area contributed by atoms with Gasteiger partial charge in [-0.2, -0.15) is 0 Å². The maximum absolute atomic E-state index is 10.1.